The van der Waals surface area contributed by atoms with Crippen molar-refractivity contribution in [1.82, 2.24) is 9.97 Å². The molecule has 0 radical (unpaired) electrons. The second-order valence-electron chi connectivity index (χ2n) is 7.45. The van der Waals surface area contributed by atoms with Crippen molar-refractivity contribution in [3.63, 3.8) is 0 Å². The van der Waals surface area contributed by atoms with E-state index < -0.39 is 39.5 Å². The van der Waals surface area contributed by atoms with E-state index in [9.17, 15) is 27.2 Å². The molecule has 4 N–H and O–H groups in total. The molecule has 0 aliphatic heterocycles. The third-order valence-corrected chi connectivity index (χ3v) is 6.34. The van der Waals surface area contributed by atoms with E-state index in [1.807, 2.05) is 0 Å². The number of hydrogen-bond acceptors (Lipinski definition) is 6. The summed E-state index contributed by atoms with van der Waals surface area (Å²) >= 11 is 0. The molecule has 1 atom stereocenters. The molecule has 1 aromatic heterocycles. The number of anilines is 2. The number of nitrogens with one attached hydrogen (secondary N) is 4. The van der Waals surface area contributed by atoms with Crippen molar-refractivity contribution in [2.75, 3.05) is 10.0 Å². The highest BCUT2D eigenvalue weighted by Crippen LogP contribution is 2.23. The van der Waals surface area contributed by atoms with Crippen LogP contribution in [0, 0.1) is 5.82 Å². The normalized spacial score (nSPS) is 12.2. The van der Waals surface area contributed by atoms with Gasteiger partial charge in [0.15, 0.2) is 6.10 Å². The van der Waals surface area contributed by atoms with Crippen molar-refractivity contribution in [3.8, 4) is 0 Å². The van der Waals surface area contributed by atoms with Crippen molar-refractivity contribution in [1.29, 1.82) is 0 Å². The van der Waals surface area contributed by atoms with E-state index >= 15 is 0 Å². The molecular formula is C23H19FN4O6S. The number of aromatic nitrogens is 2. The first-order valence-electron chi connectivity index (χ1n) is 10.2. The third-order valence-electron chi connectivity index (χ3n) is 4.97. The zero-order valence-corrected chi connectivity index (χ0v) is 19.0. The molecule has 1 heterocycles. The molecule has 4 rings (SSSR count). The summed E-state index contributed by atoms with van der Waals surface area (Å²) in [5.41, 5.74) is -0.0569. The van der Waals surface area contributed by atoms with Gasteiger partial charge < -0.3 is 20.0 Å². The first kappa shape index (κ1) is 23.7. The highest BCUT2D eigenvalue weighted by Gasteiger charge is 2.24. The Kier molecular flexibility index (Phi) is 6.38. The van der Waals surface area contributed by atoms with Crippen LogP contribution in [0.4, 0.5) is 15.8 Å². The molecule has 1 unspecified atom stereocenters. The molecule has 12 heteroatoms. The van der Waals surface area contributed by atoms with Gasteiger partial charge in [0, 0.05) is 0 Å². The molecule has 180 valence electrons. The number of ether oxygens (including phenoxy) is 1. The van der Waals surface area contributed by atoms with Crippen LogP contribution in [0.1, 0.15) is 17.3 Å². The Labute approximate surface area is 198 Å². The fourth-order valence-electron chi connectivity index (χ4n) is 3.21. The van der Waals surface area contributed by atoms with Gasteiger partial charge in [0.05, 0.1) is 32.9 Å². The summed E-state index contributed by atoms with van der Waals surface area (Å²) < 4.78 is 47.1. The molecule has 1 amide bonds. The summed E-state index contributed by atoms with van der Waals surface area (Å²) in [5.74, 6) is -2.39. The van der Waals surface area contributed by atoms with Gasteiger partial charge in [-0.3, -0.25) is 9.52 Å². The number of hydrogen-bond donors (Lipinski definition) is 4. The molecule has 35 heavy (non-hydrogen) atoms. The fourth-order valence-corrected chi connectivity index (χ4v) is 4.31. The van der Waals surface area contributed by atoms with Crippen molar-refractivity contribution in [3.05, 3.63) is 88.6 Å². The fraction of sp³-hybridized carbons (Fsp3) is 0.0870. The molecule has 0 aliphatic carbocycles. The molecule has 0 fully saturated rings. The number of carbonyl (C=O) groups excluding carboxylic acids is 2. The molecule has 10 nitrogen and oxygen atoms in total. The lowest BCUT2D eigenvalue weighted by Crippen LogP contribution is -2.30. The van der Waals surface area contributed by atoms with Crippen LogP contribution in [-0.2, 0) is 19.6 Å². The molecule has 0 bridgehead atoms. The van der Waals surface area contributed by atoms with E-state index in [2.05, 4.69) is 20.0 Å². The van der Waals surface area contributed by atoms with Crippen molar-refractivity contribution < 1.29 is 27.1 Å². The number of para-hydroxylation sites is 2. The zero-order valence-electron chi connectivity index (χ0n) is 18.2. The van der Waals surface area contributed by atoms with E-state index in [0.717, 1.165) is 0 Å². The standard InChI is InChI=1S/C23H19FN4O6S/c1-13(21(29)25-18-9-5-3-7-16(18)24)34-22(30)15-6-2-4-8-17(15)28-35(32,33)14-10-11-19-20(12-14)27-23(31)26-19/h2-13,28H,1H3,(H,25,29)(H2,26,27,31). The second kappa shape index (κ2) is 9.43. The minimum atomic E-state index is -4.16. The highest BCUT2D eigenvalue weighted by molar-refractivity contribution is 7.92. The van der Waals surface area contributed by atoms with E-state index in [1.54, 1.807) is 0 Å². The van der Waals surface area contributed by atoms with Crippen LogP contribution in [0.25, 0.3) is 11.0 Å². The predicted molar refractivity (Wildman–Crippen MR) is 126 cm³/mol. The summed E-state index contributed by atoms with van der Waals surface area (Å²) in [6.45, 7) is 1.30. The Morgan fingerprint density at radius 1 is 0.943 bits per heavy atom. The molecule has 0 spiro atoms. The van der Waals surface area contributed by atoms with Crippen LogP contribution in [0.15, 0.2) is 76.4 Å². The number of esters is 1. The smallest absolute Gasteiger partial charge is 0.341 e. The van der Waals surface area contributed by atoms with Crippen LogP contribution >= 0.6 is 0 Å². The Bertz CT molecular complexity index is 1590. The van der Waals surface area contributed by atoms with Gasteiger partial charge in [-0.05, 0) is 49.4 Å². The maximum Gasteiger partial charge on any atom is 0.341 e. The van der Waals surface area contributed by atoms with Gasteiger partial charge in [-0.1, -0.05) is 24.3 Å². The van der Waals surface area contributed by atoms with Crippen molar-refractivity contribution in [2.45, 2.75) is 17.9 Å². The Morgan fingerprint density at radius 2 is 1.60 bits per heavy atom. The quantitative estimate of drug-likeness (QED) is 0.288. The van der Waals surface area contributed by atoms with E-state index in [4.69, 9.17) is 4.74 Å². The number of benzene rings is 3. The maximum absolute atomic E-state index is 13.8. The molecule has 0 saturated carbocycles. The summed E-state index contributed by atoms with van der Waals surface area (Å²) in [4.78, 5) is 41.4. The van der Waals surface area contributed by atoms with Gasteiger partial charge in [0.1, 0.15) is 5.82 Å². The zero-order chi connectivity index (χ0) is 25.2. The third kappa shape index (κ3) is 5.22. The van der Waals surface area contributed by atoms with E-state index in [-0.39, 0.29) is 21.8 Å². The minimum Gasteiger partial charge on any atom is -0.449 e. The minimum absolute atomic E-state index is 0.0747. The van der Waals surface area contributed by atoms with Gasteiger partial charge in [-0.15, -0.1) is 0 Å². The first-order valence-corrected chi connectivity index (χ1v) is 11.7. The van der Waals surface area contributed by atoms with Crippen LogP contribution < -0.4 is 15.7 Å². The monoisotopic (exact) mass is 498 g/mol. The topological polar surface area (TPSA) is 150 Å². The Balaban J connectivity index is 1.51. The van der Waals surface area contributed by atoms with Gasteiger partial charge >= 0.3 is 11.7 Å². The number of imidazole rings is 1. The summed E-state index contributed by atoms with van der Waals surface area (Å²) in [5, 5.41) is 2.33. The predicted octanol–water partition coefficient (Wildman–Crippen LogP) is 2.98. The van der Waals surface area contributed by atoms with Crippen LogP contribution in [-0.4, -0.2) is 36.4 Å². The van der Waals surface area contributed by atoms with Gasteiger partial charge in [-0.25, -0.2) is 22.4 Å². The lowest BCUT2D eigenvalue weighted by atomic mass is 10.2. The van der Waals surface area contributed by atoms with Crippen molar-refractivity contribution >= 4 is 44.3 Å². The molecular weight excluding hydrogens is 479 g/mol. The number of sulfonamides is 1. The van der Waals surface area contributed by atoms with E-state index in [1.165, 1.54) is 73.7 Å². The number of aromatic amines is 2. The molecule has 3 aromatic carbocycles. The first-order chi connectivity index (χ1) is 16.6. The van der Waals surface area contributed by atoms with Crippen LogP contribution in [0.3, 0.4) is 0 Å². The van der Waals surface area contributed by atoms with Crippen molar-refractivity contribution in [2.24, 2.45) is 0 Å². The Morgan fingerprint density at radius 3 is 2.34 bits per heavy atom. The van der Waals surface area contributed by atoms with Gasteiger partial charge in [0.25, 0.3) is 15.9 Å². The second-order valence-corrected chi connectivity index (χ2v) is 9.14. The average Bonchev–Trinajstić information content (AvgIpc) is 3.19. The van der Waals surface area contributed by atoms with Crippen LogP contribution in [0.5, 0.6) is 0 Å². The van der Waals surface area contributed by atoms with Crippen LogP contribution in [0.2, 0.25) is 0 Å². The Hall–Kier alpha value is -4.45. The number of halogens is 1. The molecule has 0 aliphatic rings. The number of amides is 1. The molecule has 4 aromatic rings. The maximum atomic E-state index is 13.8. The van der Waals surface area contributed by atoms with Gasteiger partial charge in [-0.2, -0.15) is 0 Å². The number of H-pyrrole nitrogens is 2. The lowest BCUT2D eigenvalue weighted by Gasteiger charge is -2.16. The summed E-state index contributed by atoms with van der Waals surface area (Å²) in [7, 11) is -4.16. The number of fused-ring (bicyclic) bond motifs is 1. The highest BCUT2D eigenvalue weighted by atomic mass is 32.2. The van der Waals surface area contributed by atoms with Gasteiger partial charge in [0.2, 0.25) is 0 Å². The largest absolute Gasteiger partial charge is 0.449 e. The van der Waals surface area contributed by atoms with E-state index in [0.29, 0.717) is 11.0 Å². The number of rotatable bonds is 7. The molecule has 0 saturated heterocycles. The summed E-state index contributed by atoms with van der Waals surface area (Å²) in [6, 6.07) is 15.2. The average molecular weight is 498 g/mol. The number of carbonyl (C=O) groups is 2. The SMILES string of the molecule is CC(OC(=O)c1ccccc1NS(=O)(=O)c1ccc2[nH]c(=O)[nH]c2c1)C(=O)Nc1ccccc1F. The summed E-state index contributed by atoms with van der Waals surface area (Å²) in [6.07, 6.45) is -1.31. The lowest BCUT2D eigenvalue weighted by molar-refractivity contribution is -0.123.